The summed E-state index contributed by atoms with van der Waals surface area (Å²) in [6, 6.07) is -0.460. The summed E-state index contributed by atoms with van der Waals surface area (Å²) in [5, 5.41) is 7.00. The molecule has 0 spiro atoms. The van der Waals surface area contributed by atoms with E-state index in [0.717, 1.165) is 38.5 Å². The topological polar surface area (TPSA) is 105 Å². The average Bonchev–Trinajstić information content (AvgIpc) is 3.01. The largest absolute Gasteiger partial charge is 0.368 e. The minimum absolute atomic E-state index is 0.0554. The van der Waals surface area contributed by atoms with Crippen LogP contribution in [-0.2, 0) is 9.59 Å². The van der Waals surface area contributed by atoms with Gasteiger partial charge in [0.05, 0.1) is 6.54 Å². The fourth-order valence-corrected chi connectivity index (χ4v) is 6.25. The molecule has 4 aliphatic carbocycles. The summed E-state index contributed by atoms with van der Waals surface area (Å²) < 4.78 is 0. The Morgan fingerprint density at radius 1 is 1.21 bits per heavy atom. The van der Waals surface area contributed by atoms with Crippen molar-refractivity contribution in [3.63, 3.8) is 0 Å². The Labute approximate surface area is 141 Å². The Kier molecular flexibility index (Phi) is 3.67. The third kappa shape index (κ3) is 2.53. The average molecular weight is 334 g/mol. The predicted octanol–water partition coefficient (Wildman–Crippen LogP) is 0.910. The van der Waals surface area contributed by atoms with Crippen LogP contribution in [0.1, 0.15) is 51.4 Å². The molecule has 0 aromatic carbocycles. The van der Waals surface area contributed by atoms with Crippen LogP contribution in [0.2, 0.25) is 0 Å². The maximum Gasteiger partial charge on any atom is 0.240 e. The molecule has 0 radical (unpaired) electrons. The summed E-state index contributed by atoms with van der Waals surface area (Å²) in [7, 11) is 0. The van der Waals surface area contributed by atoms with Gasteiger partial charge in [-0.3, -0.25) is 9.59 Å². The monoisotopic (exact) mass is 334 g/mol. The highest BCUT2D eigenvalue weighted by Crippen LogP contribution is 2.58. The third-order valence-electron chi connectivity index (χ3n) is 6.74. The highest BCUT2D eigenvalue weighted by Gasteiger charge is 2.58. The molecular weight excluding hydrogens is 308 g/mol. The number of rotatable bonds is 5. The minimum atomic E-state index is -0.460. The number of likely N-dealkylation sites (tertiary alicyclic amines) is 1. The quantitative estimate of drug-likeness (QED) is 0.729. The Hall–Kier alpha value is -1.50. The molecule has 132 valence electrons. The number of hydrogen-bond acceptors (Lipinski definition) is 5. The molecule has 5 rings (SSSR count). The van der Waals surface area contributed by atoms with E-state index in [1.54, 1.807) is 4.90 Å². The Morgan fingerprint density at radius 3 is 2.54 bits per heavy atom. The van der Waals surface area contributed by atoms with E-state index in [-0.39, 0.29) is 18.0 Å². The molecule has 7 nitrogen and oxygen atoms in total. The number of nitrogens with two attached hydrogens (primary N) is 1. The van der Waals surface area contributed by atoms with Gasteiger partial charge in [-0.05, 0) is 63.2 Å². The lowest BCUT2D eigenvalue weighted by Gasteiger charge is -2.59. The lowest BCUT2D eigenvalue weighted by molar-refractivity contribution is -0.137. The molecule has 4 bridgehead atoms. The zero-order valence-corrected chi connectivity index (χ0v) is 14.0. The Balaban J connectivity index is 1.43. The van der Waals surface area contributed by atoms with Crippen molar-refractivity contribution in [2.75, 3.05) is 13.1 Å². The van der Waals surface area contributed by atoms with Crippen molar-refractivity contribution in [3.05, 3.63) is 4.91 Å². The number of carbonyl (C=O) groups excluding carboxylic acids is 2. The molecule has 3 atom stereocenters. The van der Waals surface area contributed by atoms with Crippen LogP contribution in [0.25, 0.3) is 0 Å². The predicted molar refractivity (Wildman–Crippen MR) is 87.9 cm³/mol. The van der Waals surface area contributed by atoms with Crippen LogP contribution in [-0.4, -0.2) is 46.9 Å². The number of hydrogen-bond donors (Lipinski definition) is 2. The molecular formula is C17H26N4O3. The second kappa shape index (κ2) is 5.51. The van der Waals surface area contributed by atoms with E-state index < -0.39 is 17.5 Å². The highest BCUT2D eigenvalue weighted by molar-refractivity contribution is 5.88. The van der Waals surface area contributed by atoms with Gasteiger partial charge >= 0.3 is 0 Å². The normalized spacial score (nSPS) is 43.2. The van der Waals surface area contributed by atoms with Crippen LogP contribution in [0.15, 0.2) is 5.18 Å². The Bertz CT molecular complexity index is 564. The third-order valence-corrected chi connectivity index (χ3v) is 6.74. The van der Waals surface area contributed by atoms with E-state index in [2.05, 4.69) is 10.5 Å². The zero-order valence-electron chi connectivity index (χ0n) is 14.0. The lowest BCUT2D eigenvalue weighted by atomic mass is 9.50. The molecule has 5 fully saturated rings. The maximum absolute atomic E-state index is 12.6. The van der Waals surface area contributed by atoms with Gasteiger partial charge in [0.25, 0.3) is 0 Å². The molecule has 1 aliphatic heterocycles. The second-order valence-corrected chi connectivity index (χ2v) is 8.56. The second-order valence-electron chi connectivity index (χ2n) is 8.56. The van der Waals surface area contributed by atoms with E-state index in [1.807, 2.05) is 0 Å². The van der Waals surface area contributed by atoms with Crippen LogP contribution < -0.4 is 11.1 Å². The lowest BCUT2D eigenvalue weighted by Crippen LogP contribution is -2.65. The SMILES string of the molecule is NC(=O)C1CCCN1C(=O)CNC12CC3CC(CC(N=O)(C3)C1)C2. The number of nitrogens with zero attached hydrogens (tertiary/aromatic N) is 2. The summed E-state index contributed by atoms with van der Waals surface area (Å²) in [4.78, 5) is 37.1. The van der Waals surface area contributed by atoms with Crippen molar-refractivity contribution in [3.8, 4) is 0 Å². The van der Waals surface area contributed by atoms with E-state index in [4.69, 9.17) is 5.73 Å². The van der Waals surface area contributed by atoms with Gasteiger partial charge in [-0.1, -0.05) is 5.18 Å². The van der Waals surface area contributed by atoms with Crippen molar-refractivity contribution < 1.29 is 9.59 Å². The molecule has 24 heavy (non-hydrogen) atoms. The molecule has 7 heteroatoms. The van der Waals surface area contributed by atoms with Gasteiger partial charge in [-0.15, -0.1) is 0 Å². The van der Waals surface area contributed by atoms with Crippen molar-refractivity contribution in [2.45, 2.75) is 68.5 Å². The van der Waals surface area contributed by atoms with Crippen molar-refractivity contribution in [1.29, 1.82) is 0 Å². The van der Waals surface area contributed by atoms with Crippen molar-refractivity contribution in [2.24, 2.45) is 22.7 Å². The number of amides is 2. The smallest absolute Gasteiger partial charge is 0.240 e. The number of carbonyl (C=O) groups is 2. The van der Waals surface area contributed by atoms with Crippen LogP contribution in [0.3, 0.4) is 0 Å². The minimum Gasteiger partial charge on any atom is -0.368 e. The first-order valence-electron chi connectivity index (χ1n) is 9.13. The van der Waals surface area contributed by atoms with Gasteiger partial charge in [-0.2, -0.15) is 4.91 Å². The molecule has 0 aromatic rings. The fourth-order valence-electron chi connectivity index (χ4n) is 6.25. The molecule has 0 aromatic heterocycles. The van der Waals surface area contributed by atoms with Gasteiger partial charge < -0.3 is 16.0 Å². The van der Waals surface area contributed by atoms with Crippen LogP contribution in [0.4, 0.5) is 0 Å². The molecule has 1 heterocycles. The molecule has 3 unspecified atom stereocenters. The summed E-state index contributed by atoms with van der Waals surface area (Å²) in [5.41, 5.74) is 4.86. The first-order chi connectivity index (χ1) is 11.4. The van der Waals surface area contributed by atoms with E-state index >= 15 is 0 Å². The maximum atomic E-state index is 12.6. The molecule has 3 N–H and O–H groups in total. The van der Waals surface area contributed by atoms with E-state index in [1.165, 1.54) is 6.42 Å². The van der Waals surface area contributed by atoms with Crippen LogP contribution in [0, 0.1) is 16.7 Å². The fraction of sp³-hybridized carbons (Fsp3) is 0.882. The highest BCUT2D eigenvalue weighted by atomic mass is 16.3. The molecule has 5 aliphatic rings. The van der Waals surface area contributed by atoms with Gasteiger partial charge in [0, 0.05) is 12.1 Å². The van der Waals surface area contributed by atoms with Gasteiger partial charge in [0.15, 0.2) is 0 Å². The van der Waals surface area contributed by atoms with Gasteiger partial charge in [0.2, 0.25) is 11.8 Å². The van der Waals surface area contributed by atoms with Gasteiger partial charge in [-0.25, -0.2) is 0 Å². The van der Waals surface area contributed by atoms with Crippen LogP contribution in [0.5, 0.6) is 0 Å². The van der Waals surface area contributed by atoms with Crippen molar-refractivity contribution >= 4 is 11.8 Å². The molecule has 1 saturated heterocycles. The number of primary amides is 1. The number of nitroso groups, excluding NO2 is 1. The van der Waals surface area contributed by atoms with E-state index in [0.29, 0.717) is 24.8 Å². The standard InChI is InChI=1S/C17H26N4O3/c18-15(23)13-2-1-3-21(13)14(22)9-19-16-5-11-4-12(6-16)8-17(7-11,10-16)20-24/h11-13,19H,1-10H2,(H2,18,23). The first kappa shape index (κ1) is 16.0. The van der Waals surface area contributed by atoms with Crippen molar-refractivity contribution in [1.82, 2.24) is 10.2 Å². The summed E-state index contributed by atoms with van der Waals surface area (Å²) >= 11 is 0. The Morgan fingerprint density at radius 2 is 1.92 bits per heavy atom. The van der Waals surface area contributed by atoms with E-state index in [9.17, 15) is 14.5 Å². The number of nitrogens with one attached hydrogen (secondary N) is 1. The molecule has 2 amide bonds. The molecule has 4 saturated carbocycles. The zero-order chi connectivity index (χ0) is 16.9. The van der Waals surface area contributed by atoms with Crippen LogP contribution >= 0.6 is 0 Å². The summed E-state index contributed by atoms with van der Waals surface area (Å²) in [5.74, 6) is 0.633. The first-order valence-corrected chi connectivity index (χ1v) is 9.13. The van der Waals surface area contributed by atoms with Gasteiger partial charge in [0.1, 0.15) is 11.6 Å². The summed E-state index contributed by atoms with van der Waals surface area (Å²) in [6.45, 7) is 0.824. The summed E-state index contributed by atoms with van der Waals surface area (Å²) in [6.07, 6.45) is 7.34.